The number of amides is 1. The Kier molecular flexibility index (Phi) is 4.68. The van der Waals surface area contributed by atoms with E-state index in [4.69, 9.17) is 5.73 Å². The lowest BCUT2D eigenvalue weighted by Gasteiger charge is -2.26. The molecule has 1 heterocycles. The standard InChI is InChI=1S/C13H21N5O/c1-15-13(19)11-6-7-12(18-17-11)16-8-9-2-4-10(14)5-3-9/h6-7,9-10H,2-5,8,14H2,1H3,(H,15,19)(H,16,18). The van der Waals surface area contributed by atoms with Crippen LogP contribution in [0.3, 0.4) is 0 Å². The summed E-state index contributed by atoms with van der Waals surface area (Å²) in [6.07, 6.45) is 4.54. The predicted molar refractivity (Wildman–Crippen MR) is 73.8 cm³/mol. The molecule has 4 N–H and O–H groups in total. The summed E-state index contributed by atoms with van der Waals surface area (Å²) in [5.41, 5.74) is 6.21. The molecule has 1 aliphatic carbocycles. The molecule has 1 aliphatic rings. The first-order valence-corrected chi connectivity index (χ1v) is 6.74. The minimum atomic E-state index is -0.222. The van der Waals surface area contributed by atoms with Gasteiger partial charge < -0.3 is 16.4 Å². The average molecular weight is 263 g/mol. The molecule has 1 amide bonds. The molecule has 0 atom stereocenters. The number of hydrogen-bond acceptors (Lipinski definition) is 5. The van der Waals surface area contributed by atoms with Crippen LogP contribution in [0, 0.1) is 5.92 Å². The van der Waals surface area contributed by atoms with Gasteiger partial charge in [0.25, 0.3) is 5.91 Å². The van der Waals surface area contributed by atoms with Crippen molar-refractivity contribution in [1.29, 1.82) is 0 Å². The van der Waals surface area contributed by atoms with Crippen molar-refractivity contribution in [3.05, 3.63) is 17.8 Å². The van der Waals surface area contributed by atoms with Gasteiger partial charge in [-0.1, -0.05) is 0 Å². The Morgan fingerprint density at radius 2 is 2.05 bits per heavy atom. The van der Waals surface area contributed by atoms with Crippen molar-refractivity contribution < 1.29 is 4.79 Å². The fourth-order valence-electron chi connectivity index (χ4n) is 2.32. The topological polar surface area (TPSA) is 92.9 Å². The lowest BCUT2D eigenvalue weighted by molar-refractivity contribution is 0.0957. The van der Waals surface area contributed by atoms with Crippen molar-refractivity contribution in [1.82, 2.24) is 15.5 Å². The highest BCUT2D eigenvalue weighted by Crippen LogP contribution is 2.23. The average Bonchev–Trinajstić information content (AvgIpc) is 2.46. The van der Waals surface area contributed by atoms with Crippen molar-refractivity contribution in [2.24, 2.45) is 11.7 Å². The number of rotatable bonds is 4. The smallest absolute Gasteiger partial charge is 0.271 e. The Morgan fingerprint density at radius 1 is 1.32 bits per heavy atom. The Bertz CT molecular complexity index is 412. The van der Waals surface area contributed by atoms with Crippen LogP contribution in [0.2, 0.25) is 0 Å². The number of anilines is 1. The lowest BCUT2D eigenvalue weighted by atomic mass is 9.86. The zero-order valence-electron chi connectivity index (χ0n) is 11.2. The van der Waals surface area contributed by atoms with Crippen LogP contribution in [-0.2, 0) is 0 Å². The van der Waals surface area contributed by atoms with Crippen LogP contribution in [0.5, 0.6) is 0 Å². The molecule has 6 nitrogen and oxygen atoms in total. The fourth-order valence-corrected chi connectivity index (χ4v) is 2.32. The lowest BCUT2D eigenvalue weighted by Crippen LogP contribution is -2.29. The molecular weight excluding hydrogens is 242 g/mol. The second kappa shape index (κ2) is 6.47. The molecule has 0 saturated heterocycles. The summed E-state index contributed by atoms with van der Waals surface area (Å²) in [7, 11) is 1.57. The van der Waals surface area contributed by atoms with Gasteiger partial charge in [0.05, 0.1) is 0 Å². The van der Waals surface area contributed by atoms with Gasteiger partial charge in [0, 0.05) is 19.6 Å². The van der Waals surface area contributed by atoms with E-state index in [0.717, 1.165) is 32.2 Å². The van der Waals surface area contributed by atoms with Gasteiger partial charge in [0.1, 0.15) is 5.82 Å². The van der Waals surface area contributed by atoms with Crippen LogP contribution in [0.25, 0.3) is 0 Å². The van der Waals surface area contributed by atoms with E-state index in [1.807, 2.05) is 0 Å². The molecule has 0 unspecified atom stereocenters. The fraction of sp³-hybridized carbons (Fsp3) is 0.615. The highest BCUT2D eigenvalue weighted by Gasteiger charge is 2.18. The number of nitrogens with zero attached hydrogens (tertiary/aromatic N) is 2. The molecule has 0 aromatic carbocycles. The molecule has 0 radical (unpaired) electrons. The van der Waals surface area contributed by atoms with E-state index in [-0.39, 0.29) is 5.91 Å². The van der Waals surface area contributed by atoms with Gasteiger partial charge >= 0.3 is 0 Å². The summed E-state index contributed by atoms with van der Waals surface area (Å²) < 4.78 is 0. The molecule has 0 spiro atoms. The van der Waals surface area contributed by atoms with Gasteiger partial charge in [-0.05, 0) is 43.7 Å². The SMILES string of the molecule is CNC(=O)c1ccc(NCC2CCC(N)CC2)nn1. The molecule has 1 saturated carbocycles. The summed E-state index contributed by atoms with van der Waals surface area (Å²) in [5, 5.41) is 13.7. The number of carbonyl (C=O) groups excluding carboxylic acids is 1. The number of nitrogens with one attached hydrogen (secondary N) is 2. The summed E-state index contributed by atoms with van der Waals surface area (Å²) in [5.74, 6) is 1.14. The van der Waals surface area contributed by atoms with Gasteiger partial charge in [-0.2, -0.15) is 0 Å². The first kappa shape index (κ1) is 13.7. The number of carbonyl (C=O) groups is 1. The van der Waals surface area contributed by atoms with Gasteiger partial charge in [0.15, 0.2) is 5.69 Å². The van der Waals surface area contributed by atoms with Gasteiger partial charge in [-0.15, -0.1) is 10.2 Å². The number of hydrogen-bond donors (Lipinski definition) is 3. The largest absolute Gasteiger partial charge is 0.368 e. The summed E-state index contributed by atoms with van der Waals surface area (Å²) in [6, 6.07) is 3.83. The Balaban J connectivity index is 1.81. The maximum absolute atomic E-state index is 11.3. The van der Waals surface area contributed by atoms with E-state index in [0.29, 0.717) is 23.5 Å². The Labute approximate surface area is 113 Å². The molecule has 2 rings (SSSR count). The maximum atomic E-state index is 11.3. The summed E-state index contributed by atoms with van der Waals surface area (Å²) in [4.78, 5) is 11.3. The van der Waals surface area contributed by atoms with Gasteiger partial charge in [0.2, 0.25) is 0 Å². The molecule has 1 fully saturated rings. The van der Waals surface area contributed by atoms with Gasteiger partial charge in [-0.3, -0.25) is 4.79 Å². The predicted octanol–water partition coefficient (Wildman–Crippen LogP) is 0.766. The van der Waals surface area contributed by atoms with Crippen LogP contribution in [-0.4, -0.2) is 35.7 Å². The van der Waals surface area contributed by atoms with E-state index in [1.165, 1.54) is 0 Å². The van der Waals surface area contributed by atoms with Crippen LogP contribution in [0.1, 0.15) is 36.2 Å². The quantitative estimate of drug-likeness (QED) is 0.746. The van der Waals surface area contributed by atoms with E-state index in [2.05, 4.69) is 20.8 Å². The minimum Gasteiger partial charge on any atom is -0.368 e. The molecule has 0 aliphatic heterocycles. The second-order valence-corrected chi connectivity index (χ2v) is 5.04. The minimum absolute atomic E-state index is 0.222. The summed E-state index contributed by atoms with van der Waals surface area (Å²) >= 11 is 0. The normalized spacial score (nSPS) is 22.8. The van der Waals surface area contributed by atoms with Crippen LogP contribution >= 0.6 is 0 Å². The Hall–Kier alpha value is -1.69. The molecule has 6 heteroatoms. The van der Waals surface area contributed by atoms with Crippen LogP contribution < -0.4 is 16.4 Å². The Morgan fingerprint density at radius 3 is 2.63 bits per heavy atom. The van der Waals surface area contributed by atoms with Crippen LogP contribution in [0.15, 0.2) is 12.1 Å². The monoisotopic (exact) mass is 263 g/mol. The van der Waals surface area contributed by atoms with E-state index in [9.17, 15) is 4.79 Å². The van der Waals surface area contributed by atoms with E-state index >= 15 is 0 Å². The third-order valence-corrected chi connectivity index (χ3v) is 3.59. The molecule has 1 aromatic rings. The maximum Gasteiger partial charge on any atom is 0.271 e. The summed E-state index contributed by atoms with van der Waals surface area (Å²) in [6.45, 7) is 0.890. The first-order valence-electron chi connectivity index (χ1n) is 6.74. The first-order chi connectivity index (χ1) is 9.19. The molecular formula is C13H21N5O. The molecule has 19 heavy (non-hydrogen) atoms. The molecule has 1 aromatic heterocycles. The zero-order chi connectivity index (χ0) is 13.7. The number of aromatic nitrogens is 2. The third-order valence-electron chi connectivity index (χ3n) is 3.59. The second-order valence-electron chi connectivity index (χ2n) is 5.04. The molecule has 0 bridgehead atoms. The van der Waals surface area contributed by atoms with Crippen molar-refractivity contribution >= 4 is 11.7 Å². The van der Waals surface area contributed by atoms with Crippen molar-refractivity contribution in [2.45, 2.75) is 31.7 Å². The van der Waals surface area contributed by atoms with Crippen molar-refractivity contribution in [2.75, 3.05) is 18.9 Å². The van der Waals surface area contributed by atoms with E-state index < -0.39 is 0 Å². The third kappa shape index (κ3) is 3.89. The van der Waals surface area contributed by atoms with Crippen LogP contribution in [0.4, 0.5) is 5.82 Å². The van der Waals surface area contributed by atoms with Gasteiger partial charge in [-0.25, -0.2) is 0 Å². The van der Waals surface area contributed by atoms with E-state index in [1.54, 1.807) is 19.2 Å². The van der Waals surface area contributed by atoms with Crippen molar-refractivity contribution in [3.8, 4) is 0 Å². The number of nitrogens with two attached hydrogens (primary N) is 1. The highest BCUT2D eigenvalue weighted by atomic mass is 16.1. The zero-order valence-corrected chi connectivity index (χ0v) is 11.2. The molecule has 104 valence electrons. The van der Waals surface area contributed by atoms with Crippen molar-refractivity contribution in [3.63, 3.8) is 0 Å². The highest BCUT2D eigenvalue weighted by molar-refractivity contribution is 5.91.